The van der Waals surface area contributed by atoms with Crippen molar-refractivity contribution < 1.29 is 9.18 Å². The van der Waals surface area contributed by atoms with Crippen molar-refractivity contribution in [1.29, 1.82) is 0 Å². The van der Waals surface area contributed by atoms with Gasteiger partial charge >= 0.3 is 0 Å². The Morgan fingerprint density at radius 2 is 1.97 bits per heavy atom. The molecule has 0 radical (unpaired) electrons. The topological polar surface area (TPSA) is 111 Å². The lowest BCUT2D eigenvalue weighted by Crippen LogP contribution is -2.43. The number of carbonyl (C=O) groups is 1. The van der Waals surface area contributed by atoms with Gasteiger partial charge in [-0.05, 0) is 37.1 Å². The smallest absolute Gasteiger partial charge is 0.255 e. The number of anilines is 1. The zero-order valence-electron chi connectivity index (χ0n) is 16.3. The summed E-state index contributed by atoms with van der Waals surface area (Å²) in [5.74, 6) is -0.0411. The van der Waals surface area contributed by atoms with Crippen LogP contribution in [0.4, 0.5) is 10.3 Å². The number of halogens is 1. The van der Waals surface area contributed by atoms with Crippen LogP contribution in [-0.4, -0.2) is 37.7 Å². The van der Waals surface area contributed by atoms with Crippen molar-refractivity contribution in [2.24, 2.45) is 5.73 Å². The van der Waals surface area contributed by atoms with E-state index < -0.39 is 0 Å². The van der Waals surface area contributed by atoms with Gasteiger partial charge in [-0.2, -0.15) is 5.10 Å². The van der Waals surface area contributed by atoms with Crippen molar-refractivity contribution in [2.75, 3.05) is 5.32 Å². The summed E-state index contributed by atoms with van der Waals surface area (Å²) < 4.78 is 14.8. The van der Waals surface area contributed by atoms with Crippen LogP contribution >= 0.6 is 0 Å². The van der Waals surface area contributed by atoms with Gasteiger partial charge in [0.15, 0.2) is 0 Å². The summed E-state index contributed by atoms with van der Waals surface area (Å²) in [7, 11) is 0. The molecule has 2 atom stereocenters. The molecule has 1 aromatic carbocycles. The third-order valence-corrected chi connectivity index (χ3v) is 5.71. The maximum atomic E-state index is 13.2. The molecule has 4 N–H and O–H groups in total. The summed E-state index contributed by atoms with van der Waals surface area (Å²) >= 11 is 0. The van der Waals surface area contributed by atoms with Crippen LogP contribution in [-0.2, 0) is 6.54 Å². The lowest BCUT2D eigenvalue weighted by molar-refractivity contribution is 0.0966. The zero-order chi connectivity index (χ0) is 20.7. The number of amides is 1. The molecule has 30 heavy (non-hydrogen) atoms. The molecule has 1 fully saturated rings. The molecular formula is C21H22FN7O. The SMILES string of the molecule is N[C@H]1CCCC[C@H]1Nc1nc2c(c(-c3cnn(-c4ccc(F)cc4)c3)n1)C(=O)NC2. The molecule has 154 valence electrons. The second kappa shape index (κ2) is 7.49. The fourth-order valence-electron chi connectivity index (χ4n) is 4.08. The molecule has 0 saturated heterocycles. The number of fused-ring (bicyclic) bond motifs is 1. The molecule has 1 amide bonds. The summed E-state index contributed by atoms with van der Waals surface area (Å²) in [4.78, 5) is 21.7. The third-order valence-electron chi connectivity index (χ3n) is 5.71. The van der Waals surface area contributed by atoms with E-state index in [1.807, 2.05) is 0 Å². The van der Waals surface area contributed by atoms with Gasteiger partial charge in [-0.1, -0.05) is 12.8 Å². The van der Waals surface area contributed by atoms with Crippen molar-refractivity contribution in [3.8, 4) is 16.9 Å². The van der Waals surface area contributed by atoms with Crippen molar-refractivity contribution >= 4 is 11.9 Å². The number of rotatable bonds is 4. The minimum atomic E-state index is -0.312. The molecule has 0 spiro atoms. The van der Waals surface area contributed by atoms with Gasteiger partial charge in [-0.15, -0.1) is 0 Å². The number of nitrogens with one attached hydrogen (secondary N) is 2. The number of aromatic nitrogens is 4. The normalized spacial score (nSPS) is 20.7. The highest BCUT2D eigenvalue weighted by Gasteiger charge is 2.29. The molecule has 1 aliphatic heterocycles. The van der Waals surface area contributed by atoms with E-state index in [-0.39, 0.29) is 23.8 Å². The van der Waals surface area contributed by atoms with E-state index in [1.165, 1.54) is 12.1 Å². The van der Waals surface area contributed by atoms with E-state index in [0.717, 1.165) is 25.7 Å². The molecule has 2 aliphatic rings. The predicted molar refractivity (Wildman–Crippen MR) is 110 cm³/mol. The number of benzene rings is 1. The Balaban J connectivity index is 1.52. The van der Waals surface area contributed by atoms with Gasteiger partial charge in [-0.3, -0.25) is 4.79 Å². The summed E-state index contributed by atoms with van der Waals surface area (Å²) in [6.07, 6.45) is 7.62. The number of hydrogen-bond donors (Lipinski definition) is 3. The minimum Gasteiger partial charge on any atom is -0.350 e. The van der Waals surface area contributed by atoms with Gasteiger partial charge in [0, 0.05) is 23.8 Å². The molecule has 2 aromatic heterocycles. The molecular weight excluding hydrogens is 385 g/mol. The second-order valence-corrected chi connectivity index (χ2v) is 7.75. The van der Waals surface area contributed by atoms with Crippen LogP contribution in [0.2, 0.25) is 0 Å². The number of nitrogens with zero attached hydrogens (tertiary/aromatic N) is 4. The fourth-order valence-corrected chi connectivity index (χ4v) is 4.08. The van der Waals surface area contributed by atoms with Crippen LogP contribution in [0.1, 0.15) is 41.7 Å². The van der Waals surface area contributed by atoms with Gasteiger partial charge < -0.3 is 16.4 Å². The molecule has 8 nitrogen and oxygen atoms in total. The van der Waals surface area contributed by atoms with Crippen LogP contribution in [0.15, 0.2) is 36.7 Å². The molecule has 1 aliphatic carbocycles. The van der Waals surface area contributed by atoms with E-state index in [1.54, 1.807) is 29.2 Å². The number of nitrogens with two attached hydrogens (primary N) is 1. The molecule has 1 saturated carbocycles. The first-order chi connectivity index (χ1) is 14.6. The van der Waals surface area contributed by atoms with Gasteiger partial charge in [0.1, 0.15) is 5.82 Å². The molecule has 0 unspecified atom stereocenters. The average Bonchev–Trinajstić information content (AvgIpc) is 3.37. The first-order valence-electron chi connectivity index (χ1n) is 10.1. The first-order valence-corrected chi connectivity index (χ1v) is 10.1. The predicted octanol–water partition coefficient (Wildman–Crippen LogP) is 2.39. The van der Waals surface area contributed by atoms with Gasteiger partial charge in [0.05, 0.1) is 35.4 Å². The molecule has 3 aromatic rings. The van der Waals surface area contributed by atoms with Gasteiger partial charge in [0.2, 0.25) is 5.95 Å². The Kier molecular flexibility index (Phi) is 4.66. The van der Waals surface area contributed by atoms with Crippen LogP contribution in [0.5, 0.6) is 0 Å². The quantitative estimate of drug-likeness (QED) is 0.613. The lowest BCUT2D eigenvalue weighted by atomic mass is 9.91. The number of hydrogen-bond acceptors (Lipinski definition) is 6. The van der Waals surface area contributed by atoms with Crippen molar-refractivity contribution in [3.63, 3.8) is 0 Å². The summed E-state index contributed by atoms with van der Waals surface area (Å²) in [6, 6.07) is 6.20. The summed E-state index contributed by atoms with van der Waals surface area (Å²) in [6.45, 7) is 0.362. The van der Waals surface area contributed by atoms with Crippen molar-refractivity contribution in [1.82, 2.24) is 25.1 Å². The highest BCUT2D eigenvalue weighted by atomic mass is 19.1. The average molecular weight is 407 g/mol. The van der Waals surface area contributed by atoms with Crippen LogP contribution in [0, 0.1) is 5.82 Å². The molecule has 9 heteroatoms. The number of carbonyl (C=O) groups excluding carboxylic acids is 1. The summed E-state index contributed by atoms with van der Waals surface area (Å²) in [5, 5.41) is 10.6. The Hall–Kier alpha value is -3.33. The summed E-state index contributed by atoms with van der Waals surface area (Å²) in [5.41, 5.74) is 9.31. The van der Waals surface area contributed by atoms with Crippen LogP contribution in [0.3, 0.4) is 0 Å². The largest absolute Gasteiger partial charge is 0.350 e. The second-order valence-electron chi connectivity index (χ2n) is 7.75. The maximum absolute atomic E-state index is 13.2. The fraction of sp³-hybridized carbons (Fsp3) is 0.333. The van der Waals surface area contributed by atoms with Gasteiger partial charge in [-0.25, -0.2) is 19.0 Å². The Morgan fingerprint density at radius 3 is 2.77 bits per heavy atom. The highest BCUT2D eigenvalue weighted by Crippen LogP contribution is 2.29. The van der Waals surface area contributed by atoms with Crippen molar-refractivity contribution in [2.45, 2.75) is 44.3 Å². The Labute approximate surface area is 172 Å². The molecule has 5 rings (SSSR count). The zero-order valence-corrected chi connectivity index (χ0v) is 16.3. The third kappa shape index (κ3) is 3.41. The van der Waals surface area contributed by atoms with Gasteiger partial charge in [0.25, 0.3) is 5.91 Å². The van der Waals surface area contributed by atoms with E-state index in [0.29, 0.717) is 40.7 Å². The molecule has 0 bridgehead atoms. The van der Waals surface area contributed by atoms with E-state index in [2.05, 4.69) is 25.7 Å². The molecule has 3 heterocycles. The highest BCUT2D eigenvalue weighted by molar-refractivity contribution is 6.03. The lowest BCUT2D eigenvalue weighted by Gasteiger charge is -2.29. The standard InChI is InChI=1S/C21H22FN7O/c22-13-5-7-14(8-6-13)29-11-12(9-25-29)19-18-17(10-24-20(18)30)27-21(28-19)26-16-4-2-1-3-15(16)23/h5-9,11,15-16H,1-4,10,23H2,(H,24,30)(H,26,27,28)/t15-,16+/m0/s1. The minimum absolute atomic E-state index is 0.0556. The Morgan fingerprint density at radius 1 is 1.17 bits per heavy atom. The van der Waals surface area contributed by atoms with E-state index in [9.17, 15) is 9.18 Å². The Bertz CT molecular complexity index is 1100. The van der Waals surface area contributed by atoms with Crippen molar-refractivity contribution in [3.05, 3.63) is 53.7 Å². The van der Waals surface area contributed by atoms with Crippen LogP contribution in [0.25, 0.3) is 16.9 Å². The monoisotopic (exact) mass is 407 g/mol. The van der Waals surface area contributed by atoms with E-state index in [4.69, 9.17) is 5.73 Å². The van der Waals surface area contributed by atoms with Crippen LogP contribution < -0.4 is 16.4 Å². The first kappa shape index (κ1) is 18.7. The van der Waals surface area contributed by atoms with E-state index >= 15 is 0 Å². The maximum Gasteiger partial charge on any atom is 0.255 e.